The second kappa shape index (κ2) is 7.36. The van der Waals surface area contributed by atoms with Gasteiger partial charge in [0.15, 0.2) is 5.78 Å². The number of ketones is 1. The number of rotatable bonds is 7. The normalized spacial score (nSPS) is 10.9. The van der Waals surface area contributed by atoms with Gasteiger partial charge >= 0.3 is 0 Å². The summed E-state index contributed by atoms with van der Waals surface area (Å²) in [5, 5.41) is 2.10. The standard InChI is InChI=1S/C17H21NOS/c1-3-18(13-15-8-6-12-20-15)11-10-17(19)16-9-5-4-7-14(16)2/h4-9,12H,3,10-11,13H2,1-2H3. The van der Waals surface area contributed by atoms with Crippen LogP contribution in [0.5, 0.6) is 0 Å². The summed E-state index contributed by atoms with van der Waals surface area (Å²) in [5.41, 5.74) is 1.93. The lowest BCUT2D eigenvalue weighted by Crippen LogP contribution is -2.25. The van der Waals surface area contributed by atoms with Crippen molar-refractivity contribution < 1.29 is 4.79 Å². The van der Waals surface area contributed by atoms with Crippen molar-refractivity contribution in [1.29, 1.82) is 0 Å². The number of hydrogen-bond donors (Lipinski definition) is 0. The van der Waals surface area contributed by atoms with Crippen molar-refractivity contribution in [3.8, 4) is 0 Å². The van der Waals surface area contributed by atoms with Gasteiger partial charge in [0.25, 0.3) is 0 Å². The van der Waals surface area contributed by atoms with E-state index in [2.05, 4.69) is 29.3 Å². The summed E-state index contributed by atoms with van der Waals surface area (Å²) < 4.78 is 0. The van der Waals surface area contributed by atoms with Gasteiger partial charge in [0.05, 0.1) is 0 Å². The molecule has 0 aliphatic carbocycles. The minimum Gasteiger partial charge on any atom is -0.298 e. The summed E-state index contributed by atoms with van der Waals surface area (Å²) in [5.74, 6) is 0.243. The second-order valence-corrected chi connectivity index (χ2v) is 5.97. The molecular formula is C17H21NOS. The first-order valence-corrected chi connectivity index (χ1v) is 7.92. The third-order valence-corrected chi connectivity index (χ3v) is 4.37. The van der Waals surface area contributed by atoms with E-state index in [0.29, 0.717) is 6.42 Å². The average molecular weight is 287 g/mol. The topological polar surface area (TPSA) is 20.3 Å². The van der Waals surface area contributed by atoms with Gasteiger partial charge in [-0.15, -0.1) is 11.3 Å². The largest absolute Gasteiger partial charge is 0.298 e. The summed E-state index contributed by atoms with van der Waals surface area (Å²) in [7, 11) is 0. The Morgan fingerprint density at radius 3 is 2.65 bits per heavy atom. The van der Waals surface area contributed by atoms with Crippen LogP contribution in [0.4, 0.5) is 0 Å². The molecule has 1 aromatic heterocycles. The fraction of sp³-hybridized carbons (Fsp3) is 0.353. The third kappa shape index (κ3) is 4.02. The van der Waals surface area contributed by atoms with E-state index >= 15 is 0 Å². The van der Waals surface area contributed by atoms with Crippen LogP contribution in [-0.4, -0.2) is 23.8 Å². The van der Waals surface area contributed by atoms with Gasteiger partial charge in [-0.25, -0.2) is 0 Å². The molecule has 0 radical (unpaired) electrons. The van der Waals surface area contributed by atoms with Crippen LogP contribution in [0.1, 0.15) is 34.1 Å². The summed E-state index contributed by atoms with van der Waals surface area (Å²) in [4.78, 5) is 15.9. The summed E-state index contributed by atoms with van der Waals surface area (Å²) in [6.07, 6.45) is 0.587. The van der Waals surface area contributed by atoms with E-state index in [9.17, 15) is 4.79 Å². The SMILES string of the molecule is CCN(CCC(=O)c1ccccc1C)Cc1cccs1. The molecule has 0 spiro atoms. The molecule has 0 fully saturated rings. The first kappa shape index (κ1) is 14.9. The number of carbonyl (C=O) groups is 1. The highest BCUT2D eigenvalue weighted by Crippen LogP contribution is 2.14. The maximum Gasteiger partial charge on any atom is 0.164 e. The zero-order valence-electron chi connectivity index (χ0n) is 12.1. The molecule has 0 aliphatic heterocycles. The molecule has 3 heteroatoms. The molecule has 0 atom stereocenters. The fourth-order valence-electron chi connectivity index (χ4n) is 2.25. The van der Waals surface area contributed by atoms with Crippen LogP contribution in [0.15, 0.2) is 41.8 Å². The maximum atomic E-state index is 12.3. The number of hydrogen-bond acceptors (Lipinski definition) is 3. The Bertz CT molecular complexity index is 548. The number of nitrogens with zero attached hydrogens (tertiary/aromatic N) is 1. The summed E-state index contributed by atoms with van der Waals surface area (Å²) >= 11 is 1.77. The molecule has 2 rings (SSSR count). The van der Waals surface area contributed by atoms with Crippen LogP contribution in [0, 0.1) is 6.92 Å². The molecule has 0 unspecified atom stereocenters. The number of thiophene rings is 1. The van der Waals surface area contributed by atoms with Gasteiger partial charge < -0.3 is 0 Å². The van der Waals surface area contributed by atoms with Crippen LogP contribution in [0.25, 0.3) is 0 Å². The molecule has 0 amide bonds. The van der Waals surface area contributed by atoms with Gasteiger partial charge in [-0.1, -0.05) is 37.3 Å². The molecule has 0 saturated carbocycles. The van der Waals surface area contributed by atoms with E-state index in [1.165, 1.54) is 4.88 Å². The van der Waals surface area contributed by atoms with E-state index in [-0.39, 0.29) is 5.78 Å². The molecule has 0 bridgehead atoms. The highest BCUT2D eigenvalue weighted by molar-refractivity contribution is 7.09. The fourth-order valence-corrected chi connectivity index (χ4v) is 3.00. The van der Waals surface area contributed by atoms with E-state index in [1.54, 1.807) is 11.3 Å². The highest BCUT2D eigenvalue weighted by atomic mass is 32.1. The van der Waals surface area contributed by atoms with E-state index in [4.69, 9.17) is 0 Å². The Morgan fingerprint density at radius 1 is 1.20 bits per heavy atom. The first-order valence-electron chi connectivity index (χ1n) is 7.04. The number of Topliss-reactive ketones (excluding diaryl/α,β-unsaturated/α-hetero) is 1. The van der Waals surface area contributed by atoms with Gasteiger partial charge in [0.2, 0.25) is 0 Å². The van der Waals surface area contributed by atoms with Crippen molar-refractivity contribution in [2.75, 3.05) is 13.1 Å². The van der Waals surface area contributed by atoms with Crippen LogP contribution in [0.2, 0.25) is 0 Å². The predicted octanol–water partition coefficient (Wildman–Crippen LogP) is 4.15. The molecule has 0 saturated heterocycles. The van der Waals surface area contributed by atoms with Gasteiger partial charge in [-0.05, 0) is 30.5 Å². The maximum absolute atomic E-state index is 12.3. The van der Waals surface area contributed by atoms with Gasteiger partial charge in [-0.3, -0.25) is 9.69 Å². The predicted molar refractivity (Wildman–Crippen MR) is 85.4 cm³/mol. The van der Waals surface area contributed by atoms with Crippen molar-refractivity contribution in [3.63, 3.8) is 0 Å². The first-order chi connectivity index (χ1) is 9.70. The number of benzene rings is 1. The van der Waals surface area contributed by atoms with Gasteiger partial charge in [-0.2, -0.15) is 0 Å². The zero-order chi connectivity index (χ0) is 14.4. The lowest BCUT2D eigenvalue weighted by atomic mass is 10.0. The van der Waals surface area contributed by atoms with Crippen molar-refractivity contribution in [2.24, 2.45) is 0 Å². The molecular weight excluding hydrogens is 266 g/mol. The Balaban J connectivity index is 1.90. The molecule has 2 nitrogen and oxygen atoms in total. The van der Waals surface area contributed by atoms with E-state index in [0.717, 1.165) is 30.8 Å². The zero-order valence-corrected chi connectivity index (χ0v) is 13.0. The second-order valence-electron chi connectivity index (χ2n) is 4.94. The van der Waals surface area contributed by atoms with Crippen LogP contribution < -0.4 is 0 Å². The quantitative estimate of drug-likeness (QED) is 0.713. The average Bonchev–Trinajstić information content (AvgIpc) is 2.96. The van der Waals surface area contributed by atoms with Crippen molar-refractivity contribution in [3.05, 3.63) is 57.8 Å². The van der Waals surface area contributed by atoms with Crippen molar-refractivity contribution >= 4 is 17.1 Å². The Kier molecular flexibility index (Phi) is 5.50. The van der Waals surface area contributed by atoms with Crippen LogP contribution >= 0.6 is 11.3 Å². The van der Waals surface area contributed by atoms with E-state index in [1.807, 2.05) is 31.2 Å². The lowest BCUT2D eigenvalue weighted by molar-refractivity contribution is 0.0963. The molecule has 1 aromatic carbocycles. The molecule has 0 N–H and O–H groups in total. The molecule has 106 valence electrons. The Hall–Kier alpha value is -1.45. The molecule has 20 heavy (non-hydrogen) atoms. The van der Waals surface area contributed by atoms with Crippen LogP contribution in [-0.2, 0) is 6.54 Å². The minimum absolute atomic E-state index is 0.243. The van der Waals surface area contributed by atoms with Crippen molar-refractivity contribution in [2.45, 2.75) is 26.8 Å². The van der Waals surface area contributed by atoms with Crippen molar-refractivity contribution in [1.82, 2.24) is 4.90 Å². The third-order valence-electron chi connectivity index (χ3n) is 3.51. The van der Waals surface area contributed by atoms with Gasteiger partial charge in [0.1, 0.15) is 0 Å². The number of aryl methyl sites for hydroxylation is 1. The lowest BCUT2D eigenvalue weighted by Gasteiger charge is -2.19. The monoisotopic (exact) mass is 287 g/mol. The van der Waals surface area contributed by atoms with Crippen LogP contribution in [0.3, 0.4) is 0 Å². The van der Waals surface area contributed by atoms with Gasteiger partial charge in [0, 0.05) is 30.0 Å². The summed E-state index contributed by atoms with van der Waals surface area (Å²) in [6.45, 7) is 6.87. The smallest absolute Gasteiger partial charge is 0.164 e. The molecule has 2 aromatic rings. The number of carbonyl (C=O) groups excluding carboxylic acids is 1. The summed E-state index contributed by atoms with van der Waals surface area (Å²) in [6, 6.07) is 12.1. The Morgan fingerprint density at radius 2 is 2.00 bits per heavy atom. The molecule has 0 aliphatic rings. The highest BCUT2D eigenvalue weighted by Gasteiger charge is 2.11. The molecule has 1 heterocycles. The van der Waals surface area contributed by atoms with E-state index < -0.39 is 0 Å². The Labute approximate surface area is 125 Å². The minimum atomic E-state index is 0.243.